The van der Waals surface area contributed by atoms with Crippen LogP contribution in [0.4, 0.5) is 0 Å². The number of nitrogens with zero attached hydrogens (tertiary/aromatic N) is 2. The molecule has 28 heavy (non-hydrogen) atoms. The lowest BCUT2D eigenvalue weighted by Crippen LogP contribution is -2.86. The van der Waals surface area contributed by atoms with Crippen LogP contribution in [0.5, 0.6) is 0 Å². The Morgan fingerprint density at radius 3 is 2.96 bits per heavy atom. The van der Waals surface area contributed by atoms with Gasteiger partial charge in [0.05, 0.1) is 24.7 Å². The first kappa shape index (κ1) is 21.0. The number of nitrogens with one attached hydrogen (secondary N) is 1. The van der Waals surface area contributed by atoms with Crippen molar-refractivity contribution in [3.63, 3.8) is 0 Å². The highest BCUT2D eigenvalue weighted by Crippen LogP contribution is 2.22. The summed E-state index contributed by atoms with van der Waals surface area (Å²) in [6.45, 7) is 7.80. The lowest BCUT2D eigenvalue weighted by atomic mass is 9.89. The number of likely N-dealkylation sites (tertiary alicyclic amines) is 1. The van der Waals surface area contributed by atoms with E-state index in [1.54, 1.807) is 0 Å². The van der Waals surface area contributed by atoms with Crippen molar-refractivity contribution in [2.75, 3.05) is 32.7 Å². The van der Waals surface area contributed by atoms with Gasteiger partial charge in [-0.1, -0.05) is 24.6 Å². The Hall–Kier alpha value is -1.71. The van der Waals surface area contributed by atoms with Crippen LogP contribution in [0.25, 0.3) is 6.08 Å². The molecule has 1 fully saturated rings. The predicted molar refractivity (Wildman–Crippen MR) is 117 cm³/mol. The van der Waals surface area contributed by atoms with Crippen LogP contribution >= 0.6 is 11.6 Å². The van der Waals surface area contributed by atoms with Crippen molar-refractivity contribution in [1.29, 1.82) is 5.41 Å². The summed E-state index contributed by atoms with van der Waals surface area (Å²) >= 11 is 6.13. The standard InChI is InChI=1S/C23H31ClN4/c1-2-21(25)20(17-26-12-7-15-28-13-5-6-14-28)19-9-4-3-8-18-10-11-23(24)27-22(18)16-19/h3,9-11,16,20,25-26H,2,5-8,12-15,17H2,1H3/p+1/b19-16+,25-21?. The van der Waals surface area contributed by atoms with Gasteiger partial charge in [0, 0.05) is 25.1 Å². The molecule has 3 rings (SSSR count). The average molecular weight is 400 g/mol. The second-order valence-electron chi connectivity index (χ2n) is 7.69. The molecule has 1 aliphatic heterocycles. The molecule has 150 valence electrons. The second kappa shape index (κ2) is 10.7. The Morgan fingerprint density at radius 2 is 2.18 bits per heavy atom. The Morgan fingerprint density at radius 1 is 1.36 bits per heavy atom. The molecule has 3 N–H and O–H groups in total. The van der Waals surface area contributed by atoms with E-state index in [-0.39, 0.29) is 5.92 Å². The molecule has 4 nitrogen and oxygen atoms in total. The number of aromatic nitrogens is 1. The summed E-state index contributed by atoms with van der Waals surface area (Å²) in [5, 5.41) is 11.4. The predicted octanol–water partition coefficient (Wildman–Crippen LogP) is 3.48. The molecule has 0 bridgehead atoms. The number of nitrogens with two attached hydrogens (primary N) is 1. The summed E-state index contributed by atoms with van der Waals surface area (Å²) in [4.78, 5) is 7.09. The van der Waals surface area contributed by atoms with E-state index in [9.17, 15) is 0 Å². The van der Waals surface area contributed by atoms with Gasteiger partial charge in [-0.15, -0.1) is 5.73 Å². The molecule has 2 aliphatic rings. The van der Waals surface area contributed by atoms with Gasteiger partial charge in [0.25, 0.3) is 0 Å². The minimum Gasteiger partial charge on any atom is -0.345 e. The smallest absolute Gasteiger partial charge is 0.129 e. The molecule has 1 unspecified atom stereocenters. The zero-order chi connectivity index (χ0) is 19.8. The van der Waals surface area contributed by atoms with E-state index < -0.39 is 0 Å². The SMILES string of the molecule is CCC(=N)C(C[NH2+]CCCN1CCCC1)/C1=C/c2nc(Cl)ccc2CC=C=C1. The summed E-state index contributed by atoms with van der Waals surface area (Å²) in [7, 11) is 0. The van der Waals surface area contributed by atoms with Crippen LogP contribution in [-0.4, -0.2) is 48.3 Å². The van der Waals surface area contributed by atoms with Gasteiger partial charge in [-0.25, -0.2) is 4.98 Å². The maximum absolute atomic E-state index is 8.53. The molecule has 0 radical (unpaired) electrons. The third kappa shape index (κ3) is 5.89. The van der Waals surface area contributed by atoms with Gasteiger partial charge in [0.2, 0.25) is 0 Å². The van der Waals surface area contributed by atoms with Crippen LogP contribution < -0.4 is 5.32 Å². The minimum atomic E-state index is 0.0874. The number of fused-ring (bicyclic) bond motifs is 1. The van der Waals surface area contributed by atoms with Crippen molar-refractivity contribution in [2.24, 2.45) is 5.92 Å². The number of halogens is 1. The molecule has 5 heteroatoms. The van der Waals surface area contributed by atoms with Crippen LogP contribution in [0, 0.1) is 11.3 Å². The average Bonchev–Trinajstić information content (AvgIpc) is 3.19. The number of pyridine rings is 1. The highest BCUT2D eigenvalue weighted by molar-refractivity contribution is 6.29. The topological polar surface area (TPSA) is 56.6 Å². The van der Waals surface area contributed by atoms with Gasteiger partial charge in [0.1, 0.15) is 5.15 Å². The fourth-order valence-corrected chi connectivity index (χ4v) is 4.13. The molecule has 0 amide bonds. The maximum atomic E-state index is 8.53. The van der Waals surface area contributed by atoms with Gasteiger partial charge in [-0.3, -0.25) is 0 Å². The lowest BCUT2D eigenvalue weighted by Gasteiger charge is -2.19. The number of rotatable bonds is 9. The summed E-state index contributed by atoms with van der Waals surface area (Å²) < 4.78 is 0. The van der Waals surface area contributed by atoms with Gasteiger partial charge in [-0.05, 0) is 67.8 Å². The summed E-state index contributed by atoms with van der Waals surface area (Å²) in [5.74, 6) is 0.0874. The first-order valence-corrected chi connectivity index (χ1v) is 10.9. The summed E-state index contributed by atoms with van der Waals surface area (Å²) in [6, 6.07) is 3.87. The van der Waals surface area contributed by atoms with Gasteiger partial charge in [0.15, 0.2) is 0 Å². The zero-order valence-electron chi connectivity index (χ0n) is 16.9. The number of allylic oxidation sites excluding steroid dienone is 1. The van der Waals surface area contributed by atoms with Gasteiger partial charge in [-0.2, -0.15) is 0 Å². The van der Waals surface area contributed by atoms with E-state index in [1.807, 2.05) is 24.3 Å². The fraction of sp³-hybridized carbons (Fsp3) is 0.522. The van der Waals surface area contributed by atoms with E-state index in [4.69, 9.17) is 17.0 Å². The van der Waals surface area contributed by atoms with E-state index in [1.165, 1.54) is 38.9 Å². The van der Waals surface area contributed by atoms with Crippen LogP contribution in [0.3, 0.4) is 0 Å². The number of quaternary nitrogens is 1. The third-order valence-electron chi connectivity index (χ3n) is 5.66. The molecule has 1 aromatic heterocycles. The molecular formula is C23H32ClN4+. The van der Waals surface area contributed by atoms with Crippen molar-refractivity contribution in [2.45, 2.75) is 39.0 Å². The number of hydrogen-bond acceptors (Lipinski definition) is 3. The van der Waals surface area contributed by atoms with E-state index >= 15 is 0 Å². The first-order chi connectivity index (χ1) is 13.7. The van der Waals surface area contributed by atoms with Gasteiger partial charge >= 0.3 is 0 Å². The fourth-order valence-electron chi connectivity index (χ4n) is 3.98. The normalized spacial score (nSPS) is 19.6. The summed E-state index contributed by atoms with van der Waals surface area (Å²) in [5.41, 5.74) is 7.24. The molecule has 0 aromatic carbocycles. The molecule has 1 atom stereocenters. The molecule has 2 heterocycles. The highest BCUT2D eigenvalue weighted by atomic mass is 35.5. The molecule has 1 saturated heterocycles. The first-order valence-electron chi connectivity index (χ1n) is 10.6. The van der Waals surface area contributed by atoms with Crippen molar-refractivity contribution < 1.29 is 5.32 Å². The largest absolute Gasteiger partial charge is 0.345 e. The van der Waals surface area contributed by atoms with E-state index in [2.05, 4.69) is 33.9 Å². The maximum Gasteiger partial charge on any atom is 0.129 e. The summed E-state index contributed by atoms with van der Waals surface area (Å²) in [6.07, 6.45) is 11.6. The van der Waals surface area contributed by atoms with Crippen molar-refractivity contribution in [1.82, 2.24) is 9.88 Å². The third-order valence-corrected chi connectivity index (χ3v) is 5.87. The molecule has 0 spiro atoms. The Kier molecular flexibility index (Phi) is 8.05. The van der Waals surface area contributed by atoms with Crippen molar-refractivity contribution in [3.05, 3.63) is 52.0 Å². The zero-order valence-corrected chi connectivity index (χ0v) is 17.6. The monoisotopic (exact) mass is 399 g/mol. The Bertz CT molecular complexity index is 771. The van der Waals surface area contributed by atoms with Crippen molar-refractivity contribution in [3.8, 4) is 0 Å². The van der Waals surface area contributed by atoms with E-state index in [0.717, 1.165) is 48.5 Å². The highest BCUT2D eigenvalue weighted by Gasteiger charge is 2.20. The lowest BCUT2D eigenvalue weighted by molar-refractivity contribution is -0.657. The molecular weight excluding hydrogens is 368 g/mol. The van der Waals surface area contributed by atoms with Crippen LogP contribution in [0.1, 0.15) is 43.9 Å². The molecule has 1 aromatic rings. The Labute approximate surface area is 173 Å². The van der Waals surface area contributed by atoms with Crippen molar-refractivity contribution >= 4 is 23.4 Å². The van der Waals surface area contributed by atoms with Crippen LogP contribution in [0.15, 0.2) is 35.6 Å². The molecule has 1 aliphatic carbocycles. The molecule has 0 saturated carbocycles. The van der Waals surface area contributed by atoms with E-state index in [0.29, 0.717) is 5.15 Å². The second-order valence-corrected chi connectivity index (χ2v) is 8.08. The van der Waals surface area contributed by atoms with Crippen LogP contribution in [-0.2, 0) is 6.42 Å². The quantitative estimate of drug-likeness (QED) is 0.289. The van der Waals surface area contributed by atoms with Crippen LogP contribution in [0.2, 0.25) is 5.15 Å². The minimum absolute atomic E-state index is 0.0874. The van der Waals surface area contributed by atoms with Gasteiger partial charge < -0.3 is 15.6 Å². The Balaban J connectivity index is 1.67. The number of hydrogen-bond donors (Lipinski definition) is 2.